The lowest BCUT2D eigenvalue weighted by Crippen LogP contribution is -2.39. The first-order chi connectivity index (χ1) is 13.1. The van der Waals surface area contributed by atoms with E-state index in [4.69, 9.17) is 4.74 Å². The summed E-state index contributed by atoms with van der Waals surface area (Å²) in [5.41, 5.74) is 0.535. The number of fused-ring (bicyclic) bond motifs is 1. The summed E-state index contributed by atoms with van der Waals surface area (Å²) in [6.45, 7) is 0.292. The Kier molecular flexibility index (Phi) is 4.50. The van der Waals surface area contributed by atoms with Gasteiger partial charge in [0.05, 0.1) is 0 Å². The molecular weight excluding hydrogens is 346 g/mol. The highest BCUT2D eigenvalue weighted by Gasteiger charge is 2.47. The predicted molar refractivity (Wildman–Crippen MR) is 98.4 cm³/mol. The lowest BCUT2D eigenvalue weighted by atomic mass is 10.2. The van der Waals surface area contributed by atoms with Crippen molar-refractivity contribution in [1.82, 2.24) is 9.80 Å². The van der Waals surface area contributed by atoms with Crippen molar-refractivity contribution in [3.8, 4) is 11.5 Å². The number of rotatable bonds is 5. The number of amides is 4. The number of nitrogens with zero attached hydrogens (tertiary/aromatic N) is 2. The van der Waals surface area contributed by atoms with Crippen molar-refractivity contribution in [1.29, 1.82) is 0 Å². The third-order valence-corrected chi connectivity index (χ3v) is 4.68. The molecular formula is C20H19N3O4. The lowest BCUT2D eigenvalue weighted by Gasteiger charge is -2.15. The van der Waals surface area contributed by atoms with Crippen molar-refractivity contribution < 1.29 is 19.1 Å². The van der Waals surface area contributed by atoms with E-state index in [0.29, 0.717) is 30.2 Å². The zero-order valence-corrected chi connectivity index (χ0v) is 14.6. The Morgan fingerprint density at radius 3 is 2.63 bits per heavy atom. The van der Waals surface area contributed by atoms with E-state index < -0.39 is 11.9 Å². The van der Waals surface area contributed by atoms with E-state index in [1.807, 2.05) is 30.3 Å². The molecule has 0 unspecified atom stereocenters. The van der Waals surface area contributed by atoms with Gasteiger partial charge < -0.3 is 15.0 Å². The topological polar surface area (TPSA) is 79.0 Å². The molecule has 4 rings (SSSR count). The molecule has 1 N–H and O–H groups in total. The summed E-state index contributed by atoms with van der Waals surface area (Å²) in [7, 11) is 0. The Bertz CT molecular complexity index is 862. The first kappa shape index (κ1) is 17.1. The van der Waals surface area contributed by atoms with Crippen LogP contribution in [0.1, 0.15) is 12.8 Å². The van der Waals surface area contributed by atoms with Gasteiger partial charge in [-0.3, -0.25) is 14.5 Å². The molecule has 4 amide bonds. The highest BCUT2D eigenvalue weighted by molar-refractivity contribution is 6.08. The molecule has 2 aromatic carbocycles. The second-order valence-electron chi connectivity index (χ2n) is 6.55. The van der Waals surface area contributed by atoms with E-state index in [1.54, 1.807) is 29.2 Å². The summed E-state index contributed by atoms with van der Waals surface area (Å²) >= 11 is 0. The smallest absolute Gasteiger partial charge is 0.327 e. The van der Waals surface area contributed by atoms with Crippen molar-refractivity contribution in [2.24, 2.45) is 0 Å². The molecule has 0 aliphatic carbocycles. The zero-order valence-electron chi connectivity index (χ0n) is 14.6. The van der Waals surface area contributed by atoms with Crippen LogP contribution in [0.15, 0.2) is 54.6 Å². The predicted octanol–water partition coefficient (Wildman–Crippen LogP) is 2.84. The molecule has 27 heavy (non-hydrogen) atoms. The summed E-state index contributed by atoms with van der Waals surface area (Å²) in [5, 5.41) is 2.72. The van der Waals surface area contributed by atoms with Crippen LogP contribution in [0, 0.1) is 0 Å². The van der Waals surface area contributed by atoms with Crippen molar-refractivity contribution in [2.45, 2.75) is 18.9 Å². The Morgan fingerprint density at radius 2 is 1.85 bits per heavy atom. The quantitative estimate of drug-likeness (QED) is 0.827. The first-order valence-electron chi connectivity index (χ1n) is 8.86. The van der Waals surface area contributed by atoms with Crippen molar-refractivity contribution in [2.75, 3.05) is 18.4 Å². The normalized spacial score (nSPS) is 18.6. The van der Waals surface area contributed by atoms with E-state index in [-0.39, 0.29) is 18.5 Å². The number of para-hydroxylation sites is 1. The van der Waals surface area contributed by atoms with Crippen LogP contribution >= 0.6 is 0 Å². The summed E-state index contributed by atoms with van der Waals surface area (Å²) < 4.78 is 5.74. The van der Waals surface area contributed by atoms with Gasteiger partial charge in [0.2, 0.25) is 5.91 Å². The highest BCUT2D eigenvalue weighted by Crippen LogP contribution is 2.27. The second kappa shape index (κ2) is 7.11. The number of benzene rings is 2. The number of anilines is 1. The Labute approximate surface area is 156 Å². The maximum absolute atomic E-state index is 12.3. The van der Waals surface area contributed by atoms with Gasteiger partial charge in [-0.05, 0) is 37.1 Å². The summed E-state index contributed by atoms with van der Waals surface area (Å²) in [4.78, 5) is 39.5. The molecule has 2 aliphatic rings. The number of carbonyl (C=O) groups excluding carboxylic acids is 3. The van der Waals surface area contributed by atoms with Crippen LogP contribution < -0.4 is 10.1 Å². The van der Waals surface area contributed by atoms with Crippen LogP contribution in [-0.2, 0) is 9.59 Å². The summed E-state index contributed by atoms with van der Waals surface area (Å²) in [6, 6.07) is 15.5. The zero-order chi connectivity index (χ0) is 18.8. The number of hydrogen-bond acceptors (Lipinski definition) is 4. The van der Waals surface area contributed by atoms with Gasteiger partial charge in [-0.2, -0.15) is 0 Å². The lowest BCUT2D eigenvalue weighted by molar-refractivity contribution is -0.131. The Hall–Kier alpha value is -3.35. The fourth-order valence-electron chi connectivity index (χ4n) is 3.43. The van der Waals surface area contributed by atoms with Crippen molar-refractivity contribution in [3.05, 3.63) is 54.6 Å². The van der Waals surface area contributed by atoms with Crippen LogP contribution in [0.25, 0.3) is 0 Å². The fraction of sp³-hybridized carbons (Fsp3) is 0.250. The Morgan fingerprint density at radius 1 is 1.07 bits per heavy atom. The van der Waals surface area contributed by atoms with Crippen LogP contribution in [0.2, 0.25) is 0 Å². The minimum atomic E-state index is -0.422. The molecule has 2 fully saturated rings. The highest BCUT2D eigenvalue weighted by atomic mass is 16.5. The molecule has 0 saturated carbocycles. The number of ether oxygens (including phenoxy) is 1. The van der Waals surface area contributed by atoms with Crippen LogP contribution in [0.4, 0.5) is 10.5 Å². The Balaban J connectivity index is 1.39. The maximum atomic E-state index is 12.3. The van der Waals surface area contributed by atoms with Gasteiger partial charge in [-0.1, -0.05) is 24.3 Å². The third kappa shape index (κ3) is 3.48. The monoisotopic (exact) mass is 365 g/mol. The number of hydrogen-bond donors (Lipinski definition) is 1. The number of nitrogens with one attached hydrogen (secondary N) is 1. The minimum Gasteiger partial charge on any atom is -0.457 e. The largest absolute Gasteiger partial charge is 0.457 e. The molecule has 2 aliphatic heterocycles. The maximum Gasteiger partial charge on any atom is 0.327 e. The van der Waals surface area contributed by atoms with Crippen LogP contribution in [-0.4, -0.2) is 46.8 Å². The minimum absolute atomic E-state index is 0.283. The molecule has 0 aromatic heterocycles. The fourth-order valence-corrected chi connectivity index (χ4v) is 3.43. The molecule has 138 valence electrons. The SMILES string of the molecule is O=C(CN1C(=O)[C@H]2CCCN2C1=O)Nc1cccc(Oc2ccccc2)c1. The first-order valence-corrected chi connectivity index (χ1v) is 8.86. The van der Waals surface area contributed by atoms with Crippen molar-refractivity contribution in [3.63, 3.8) is 0 Å². The third-order valence-electron chi connectivity index (χ3n) is 4.68. The van der Waals surface area contributed by atoms with Gasteiger partial charge in [-0.25, -0.2) is 4.79 Å². The summed E-state index contributed by atoms with van der Waals surface area (Å²) in [6.07, 6.45) is 1.50. The van der Waals surface area contributed by atoms with E-state index in [2.05, 4.69) is 5.32 Å². The van der Waals surface area contributed by atoms with Gasteiger partial charge in [0, 0.05) is 18.3 Å². The van der Waals surface area contributed by atoms with Crippen LogP contribution in [0.3, 0.4) is 0 Å². The van der Waals surface area contributed by atoms with E-state index >= 15 is 0 Å². The molecule has 1 atom stereocenters. The van der Waals surface area contributed by atoms with E-state index in [9.17, 15) is 14.4 Å². The van der Waals surface area contributed by atoms with E-state index in [0.717, 1.165) is 11.3 Å². The van der Waals surface area contributed by atoms with Crippen LogP contribution in [0.5, 0.6) is 11.5 Å². The van der Waals surface area contributed by atoms with Gasteiger partial charge in [0.1, 0.15) is 24.1 Å². The van der Waals surface area contributed by atoms with Gasteiger partial charge in [0.15, 0.2) is 0 Å². The molecule has 7 heteroatoms. The average Bonchev–Trinajstić information content (AvgIpc) is 3.23. The van der Waals surface area contributed by atoms with Gasteiger partial charge >= 0.3 is 6.03 Å². The number of carbonyl (C=O) groups is 3. The molecule has 0 bridgehead atoms. The molecule has 2 aromatic rings. The number of urea groups is 1. The molecule has 7 nitrogen and oxygen atoms in total. The molecule has 0 spiro atoms. The molecule has 2 saturated heterocycles. The number of imide groups is 1. The molecule has 0 radical (unpaired) electrons. The van der Waals surface area contributed by atoms with Gasteiger partial charge in [-0.15, -0.1) is 0 Å². The standard InChI is InChI=1S/C20H19N3O4/c24-18(13-23-19(25)17-10-5-11-22(17)20(23)26)21-14-6-4-9-16(12-14)27-15-7-2-1-3-8-15/h1-4,6-9,12,17H,5,10-11,13H2,(H,21,24)/t17-/m1/s1. The second-order valence-corrected chi connectivity index (χ2v) is 6.55. The molecule has 2 heterocycles. The van der Waals surface area contributed by atoms with E-state index in [1.165, 1.54) is 0 Å². The average molecular weight is 365 g/mol. The summed E-state index contributed by atoms with van der Waals surface area (Å²) in [5.74, 6) is 0.561. The van der Waals surface area contributed by atoms with Gasteiger partial charge in [0.25, 0.3) is 5.91 Å². The van der Waals surface area contributed by atoms with Crippen molar-refractivity contribution >= 4 is 23.5 Å².